The molecule has 0 aromatic rings. The molecular weight excluding hydrogens is 138 g/mol. The first-order chi connectivity index (χ1) is 4.66. The van der Waals surface area contributed by atoms with Gasteiger partial charge in [0.05, 0.1) is 6.42 Å². The fourth-order valence-corrected chi connectivity index (χ4v) is 0.304. The molecule has 0 aromatic heterocycles. The maximum Gasteiger partial charge on any atom is 0.328 e. The average molecular weight is 145 g/mol. The lowest BCUT2D eigenvalue weighted by Gasteiger charge is -1.88. The first kappa shape index (κ1) is 8.64. The normalized spacial score (nSPS) is 9.70. The van der Waals surface area contributed by atoms with Gasteiger partial charge in [0.2, 0.25) is 0 Å². The number of nitrogens with two attached hydrogens (primary N) is 1. The Morgan fingerprint density at radius 1 is 1.60 bits per heavy atom. The zero-order valence-corrected chi connectivity index (χ0v) is 5.11. The summed E-state index contributed by atoms with van der Waals surface area (Å²) in [5.74, 6) is 2.68. The Morgan fingerprint density at radius 3 is 2.60 bits per heavy atom. The first-order valence-corrected chi connectivity index (χ1v) is 2.46. The molecule has 0 heterocycles. The number of aliphatic carboxylic acids is 1. The first-order valence-electron chi connectivity index (χ1n) is 2.46. The predicted octanol–water partition coefficient (Wildman–Crippen LogP) is -0.566. The maximum atomic E-state index is 10.2. The summed E-state index contributed by atoms with van der Waals surface area (Å²) < 4.78 is 0. The van der Waals surface area contributed by atoms with Crippen LogP contribution in [0.5, 0.6) is 0 Å². The van der Waals surface area contributed by atoms with E-state index < -0.39 is 11.9 Å². The van der Waals surface area contributed by atoms with Crippen molar-refractivity contribution in [1.29, 1.82) is 0 Å². The van der Waals surface area contributed by atoms with Gasteiger partial charge in [-0.05, 0) is 0 Å². The molecule has 0 aliphatic rings. The van der Waals surface area contributed by atoms with Crippen molar-refractivity contribution in [2.75, 3.05) is 0 Å². The molecule has 0 fully saturated rings. The monoisotopic (exact) mass is 145 g/mol. The molecule has 0 unspecified atom stereocenters. The smallest absolute Gasteiger partial charge is 0.328 e. The van der Waals surface area contributed by atoms with E-state index in [9.17, 15) is 9.59 Å². The van der Waals surface area contributed by atoms with Crippen molar-refractivity contribution in [2.45, 2.75) is 6.42 Å². The van der Waals surface area contributed by atoms with Crippen molar-refractivity contribution < 1.29 is 19.5 Å². The lowest BCUT2D eigenvalue weighted by molar-refractivity contribution is -0.143. The molecule has 0 radical (unpaired) electrons. The molecule has 0 aromatic carbocycles. The van der Waals surface area contributed by atoms with Gasteiger partial charge in [0, 0.05) is 6.08 Å². The van der Waals surface area contributed by atoms with Gasteiger partial charge in [0.25, 0.3) is 0 Å². The number of carboxylic acids is 1. The van der Waals surface area contributed by atoms with Gasteiger partial charge in [-0.15, -0.1) is 0 Å². The van der Waals surface area contributed by atoms with E-state index in [1.54, 1.807) is 0 Å². The van der Waals surface area contributed by atoms with E-state index in [1.807, 2.05) is 0 Å². The number of hydrogen-bond donors (Lipinski definition) is 2. The Morgan fingerprint density at radius 2 is 2.20 bits per heavy atom. The van der Waals surface area contributed by atoms with Crippen LogP contribution in [-0.4, -0.2) is 17.0 Å². The van der Waals surface area contributed by atoms with Crippen molar-refractivity contribution >= 4 is 11.9 Å². The summed E-state index contributed by atoms with van der Waals surface area (Å²) in [6.07, 6.45) is 1.87. The Balaban J connectivity index is 3.53. The molecule has 10 heavy (non-hydrogen) atoms. The van der Waals surface area contributed by atoms with Crippen LogP contribution < -0.4 is 5.90 Å². The summed E-state index contributed by atoms with van der Waals surface area (Å²) >= 11 is 0. The molecule has 0 aliphatic heterocycles. The maximum absolute atomic E-state index is 10.2. The fourth-order valence-electron chi connectivity index (χ4n) is 0.304. The fraction of sp³-hybridized carbons (Fsp3) is 0.200. The molecule has 0 saturated heterocycles. The summed E-state index contributed by atoms with van der Waals surface area (Å²) in [7, 11) is 0. The van der Waals surface area contributed by atoms with Crippen molar-refractivity contribution in [3.05, 3.63) is 12.2 Å². The highest BCUT2D eigenvalue weighted by Gasteiger charge is 1.95. The molecule has 5 nitrogen and oxygen atoms in total. The largest absolute Gasteiger partial charge is 0.478 e. The molecule has 0 bridgehead atoms. The summed E-state index contributed by atoms with van der Waals surface area (Å²) in [6, 6.07) is 0. The average Bonchev–Trinajstić information content (AvgIpc) is 1.87. The summed E-state index contributed by atoms with van der Waals surface area (Å²) in [4.78, 5) is 23.7. The third-order valence-corrected chi connectivity index (χ3v) is 0.676. The van der Waals surface area contributed by atoms with Gasteiger partial charge in [0.15, 0.2) is 0 Å². The Kier molecular flexibility index (Phi) is 3.90. The van der Waals surface area contributed by atoms with Crippen LogP contribution in [0.3, 0.4) is 0 Å². The van der Waals surface area contributed by atoms with Crippen LogP contribution >= 0.6 is 0 Å². The minimum Gasteiger partial charge on any atom is -0.478 e. The van der Waals surface area contributed by atoms with Crippen molar-refractivity contribution in [3.63, 3.8) is 0 Å². The molecule has 56 valence electrons. The van der Waals surface area contributed by atoms with Crippen LogP contribution in [0.4, 0.5) is 0 Å². The zero-order valence-electron chi connectivity index (χ0n) is 5.11. The Bertz CT molecular complexity index is 163. The van der Waals surface area contributed by atoms with Crippen LogP contribution in [0.25, 0.3) is 0 Å². The zero-order chi connectivity index (χ0) is 7.98. The van der Waals surface area contributed by atoms with Gasteiger partial charge in [-0.3, -0.25) is 4.79 Å². The van der Waals surface area contributed by atoms with Crippen molar-refractivity contribution in [1.82, 2.24) is 0 Å². The van der Waals surface area contributed by atoms with E-state index in [0.717, 1.165) is 12.2 Å². The molecule has 0 atom stereocenters. The van der Waals surface area contributed by atoms with Crippen LogP contribution in [0.15, 0.2) is 12.2 Å². The van der Waals surface area contributed by atoms with Crippen LogP contribution in [0, 0.1) is 0 Å². The van der Waals surface area contributed by atoms with E-state index in [2.05, 4.69) is 10.7 Å². The Labute approximate surface area is 57.0 Å². The summed E-state index contributed by atoms with van der Waals surface area (Å²) in [5.41, 5.74) is 0. The minimum atomic E-state index is -1.11. The molecular formula is C5H7NO4. The number of carboxylic acid groups (broad SMARTS) is 1. The van der Waals surface area contributed by atoms with Gasteiger partial charge in [-0.2, -0.15) is 5.90 Å². The molecule has 5 heteroatoms. The highest BCUT2D eigenvalue weighted by Crippen LogP contribution is 1.84. The lowest BCUT2D eigenvalue weighted by atomic mass is 10.4. The summed E-state index contributed by atoms with van der Waals surface area (Å²) in [6.45, 7) is 0. The molecule has 0 aliphatic carbocycles. The minimum absolute atomic E-state index is 0.122. The number of carbonyl (C=O) groups excluding carboxylic acids is 1. The molecule has 0 saturated carbocycles. The number of hydrogen-bond acceptors (Lipinski definition) is 4. The van der Waals surface area contributed by atoms with Crippen LogP contribution in [0.1, 0.15) is 6.42 Å². The topological polar surface area (TPSA) is 89.6 Å². The highest BCUT2D eigenvalue weighted by atomic mass is 16.7. The number of rotatable bonds is 3. The van der Waals surface area contributed by atoms with E-state index in [-0.39, 0.29) is 6.42 Å². The third-order valence-electron chi connectivity index (χ3n) is 0.676. The molecule has 0 rings (SSSR count). The summed E-state index contributed by atoms with van der Waals surface area (Å²) in [5, 5.41) is 8.03. The van der Waals surface area contributed by atoms with E-state index in [4.69, 9.17) is 5.11 Å². The number of carbonyl (C=O) groups is 2. The standard InChI is InChI=1S/C5H7NO4/c6-10-5(9)3-1-2-4(7)8/h1-2H,3,6H2,(H,7,8)/b2-1+. The second-order valence-electron chi connectivity index (χ2n) is 1.43. The van der Waals surface area contributed by atoms with Gasteiger partial charge < -0.3 is 9.94 Å². The van der Waals surface area contributed by atoms with Crippen LogP contribution in [0.2, 0.25) is 0 Å². The third kappa shape index (κ3) is 4.79. The van der Waals surface area contributed by atoms with Crippen LogP contribution in [-0.2, 0) is 14.4 Å². The second-order valence-corrected chi connectivity index (χ2v) is 1.43. The Hall–Kier alpha value is -1.36. The SMILES string of the molecule is NOC(=O)C/C=C/C(=O)O. The van der Waals surface area contributed by atoms with E-state index in [1.165, 1.54) is 0 Å². The van der Waals surface area contributed by atoms with E-state index >= 15 is 0 Å². The molecule has 3 N–H and O–H groups in total. The van der Waals surface area contributed by atoms with Crippen molar-refractivity contribution in [3.8, 4) is 0 Å². The molecule has 0 spiro atoms. The molecule has 0 amide bonds. The van der Waals surface area contributed by atoms with E-state index in [0.29, 0.717) is 0 Å². The van der Waals surface area contributed by atoms with Crippen molar-refractivity contribution in [2.24, 2.45) is 5.90 Å². The predicted molar refractivity (Wildman–Crippen MR) is 31.7 cm³/mol. The van der Waals surface area contributed by atoms with Gasteiger partial charge in [0.1, 0.15) is 0 Å². The highest BCUT2D eigenvalue weighted by molar-refractivity contribution is 5.81. The second kappa shape index (κ2) is 4.51. The van der Waals surface area contributed by atoms with Gasteiger partial charge in [-0.1, -0.05) is 6.08 Å². The van der Waals surface area contributed by atoms with Gasteiger partial charge in [-0.25, -0.2) is 4.79 Å². The lowest BCUT2D eigenvalue weighted by Crippen LogP contribution is -2.08. The van der Waals surface area contributed by atoms with Gasteiger partial charge >= 0.3 is 11.9 Å². The quantitative estimate of drug-likeness (QED) is 0.410.